The molecule has 2 rings (SSSR count). The third-order valence-electron chi connectivity index (χ3n) is 3.72. The van der Waals surface area contributed by atoms with Crippen LogP contribution in [0.3, 0.4) is 0 Å². The van der Waals surface area contributed by atoms with E-state index < -0.39 is 17.3 Å². The third-order valence-corrected chi connectivity index (χ3v) is 3.72. The number of aromatic nitrogens is 1. The average molecular weight is 370 g/mol. The van der Waals surface area contributed by atoms with Gasteiger partial charge in [0.25, 0.3) is 5.91 Å². The van der Waals surface area contributed by atoms with Crippen LogP contribution >= 0.6 is 0 Å². The number of amides is 1. The summed E-state index contributed by atoms with van der Waals surface area (Å²) in [6.07, 6.45) is 2.28. The van der Waals surface area contributed by atoms with Crippen molar-refractivity contribution in [2.45, 2.75) is 19.8 Å². The number of benzene rings is 1. The van der Waals surface area contributed by atoms with Gasteiger partial charge >= 0.3 is 5.97 Å². The maximum absolute atomic E-state index is 12.4. The number of H-pyrrole nitrogens is 1. The van der Waals surface area contributed by atoms with E-state index in [0.29, 0.717) is 12.1 Å². The Hall–Kier alpha value is -3.42. The van der Waals surface area contributed by atoms with E-state index >= 15 is 0 Å². The van der Waals surface area contributed by atoms with Gasteiger partial charge in [-0.05, 0) is 25.3 Å². The first-order valence-electron chi connectivity index (χ1n) is 8.53. The molecule has 0 spiro atoms. The monoisotopic (exact) mass is 370 g/mol. The number of nitrogens with zero attached hydrogens (tertiary/aromatic N) is 1. The van der Waals surface area contributed by atoms with E-state index in [2.05, 4.69) is 15.3 Å². The number of nitrogens with one attached hydrogen (secondary N) is 2. The lowest BCUT2D eigenvalue weighted by Gasteiger charge is -2.09. The Balaban J connectivity index is 2.18. The van der Waals surface area contributed by atoms with Gasteiger partial charge in [-0.3, -0.25) is 14.4 Å². The van der Waals surface area contributed by atoms with Crippen molar-refractivity contribution in [1.29, 1.82) is 0 Å². The zero-order valence-electron chi connectivity index (χ0n) is 15.0. The first-order chi connectivity index (χ1) is 13.0. The molecule has 0 aliphatic heterocycles. The van der Waals surface area contributed by atoms with Gasteiger partial charge < -0.3 is 20.8 Å². The Labute approximate surface area is 156 Å². The lowest BCUT2D eigenvalue weighted by atomic mass is 10.1. The van der Waals surface area contributed by atoms with Crippen molar-refractivity contribution in [1.82, 2.24) is 10.3 Å². The number of aromatic amines is 1. The number of hydrogen-bond donors (Lipinski definition) is 3. The maximum atomic E-state index is 12.4. The van der Waals surface area contributed by atoms with Crippen LogP contribution in [0.25, 0.3) is 0 Å². The van der Waals surface area contributed by atoms with Crippen molar-refractivity contribution < 1.29 is 14.3 Å². The molecule has 1 aromatic carbocycles. The van der Waals surface area contributed by atoms with Crippen LogP contribution in [0.2, 0.25) is 0 Å². The number of aliphatic imine (C=N–C) groups is 1. The summed E-state index contributed by atoms with van der Waals surface area (Å²) < 4.78 is 4.74. The second-order valence-electron chi connectivity index (χ2n) is 5.63. The van der Waals surface area contributed by atoms with E-state index in [4.69, 9.17) is 10.5 Å². The fourth-order valence-electron chi connectivity index (χ4n) is 2.50. The Morgan fingerprint density at radius 2 is 2.00 bits per heavy atom. The number of esters is 1. The molecule has 2 aromatic rings. The molecular weight excluding hydrogens is 348 g/mol. The van der Waals surface area contributed by atoms with E-state index in [-0.39, 0.29) is 24.5 Å². The van der Waals surface area contributed by atoms with Crippen molar-refractivity contribution in [3.63, 3.8) is 0 Å². The van der Waals surface area contributed by atoms with Gasteiger partial charge in [-0.2, -0.15) is 0 Å². The Morgan fingerprint density at radius 1 is 1.26 bits per heavy atom. The first kappa shape index (κ1) is 19.9. The second kappa shape index (κ2) is 9.91. The molecule has 0 atom stereocenters. The molecule has 142 valence electrons. The third kappa shape index (κ3) is 5.81. The molecule has 0 saturated heterocycles. The fraction of sp³-hybridized carbons (Fsp3) is 0.263. The van der Waals surface area contributed by atoms with Gasteiger partial charge in [0.2, 0.25) is 0 Å². The molecule has 27 heavy (non-hydrogen) atoms. The van der Waals surface area contributed by atoms with Crippen LogP contribution < -0.4 is 16.5 Å². The Morgan fingerprint density at radius 3 is 2.67 bits per heavy atom. The highest BCUT2D eigenvalue weighted by Crippen LogP contribution is 2.14. The molecule has 1 aromatic heterocycles. The van der Waals surface area contributed by atoms with E-state index in [9.17, 15) is 14.4 Å². The van der Waals surface area contributed by atoms with Crippen molar-refractivity contribution in [2.75, 3.05) is 13.2 Å². The van der Waals surface area contributed by atoms with E-state index in [1.165, 1.54) is 6.07 Å². The molecule has 0 aliphatic carbocycles. The number of aryl methyl sites for hydroxylation is 2. The Kier molecular flexibility index (Phi) is 7.30. The summed E-state index contributed by atoms with van der Waals surface area (Å²) in [6.45, 7) is 1.52. The van der Waals surface area contributed by atoms with Gasteiger partial charge in [-0.25, -0.2) is 4.99 Å². The minimum atomic E-state index is -0.723. The molecule has 8 heteroatoms. The number of carbonyl (C=O) groups is 2. The topological polar surface area (TPSA) is 127 Å². The zero-order valence-corrected chi connectivity index (χ0v) is 15.0. The largest absolute Gasteiger partial charge is 0.465 e. The fourth-order valence-corrected chi connectivity index (χ4v) is 2.50. The molecule has 8 nitrogen and oxygen atoms in total. The van der Waals surface area contributed by atoms with Crippen LogP contribution in [0.5, 0.6) is 0 Å². The minimum Gasteiger partial charge on any atom is -0.465 e. The highest BCUT2D eigenvalue weighted by atomic mass is 16.5. The molecule has 0 unspecified atom stereocenters. The van der Waals surface area contributed by atoms with Crippen LogP contribution in [0.4, 0.5) is 5.82 Å². The molecule has 0 fully saturated rings. The van der Waals surface area contributed by atoms with Crippen LogP contribution in [0.15, 0.2) is 46.2 Å². The van der Waals surface area contributed by atoms with Crippen LogP contribution in [0.1, 0.15) is 28.5 Å². The zero-order chi connectivity index (χ0) is 19.6. The SMILES string of the molecule is CCOC(=O)CNC(=O)c1c(N=CN)[nH]c(CCc2ccccc2)cc1=O. The minimum absolute atomic E-state index is 0.0504. The van der Waals surface area contributed by atoms with E-state index in [1.807, 2.05) is 30.3 Å². The van der Waals surface area contributed by atoms with Gasteiger partial charge in [0.15, 0.2) is 5.43 Å². The van der Waals surface area contributed by atoms with Crippen LogP contribution in [0, 0.1) is 0 Å². The van der Waals surface area contributed by atoms with Crippen LogP contribution in [-0.4, -0.2) is 36.4 Å². The Bertz CT molecular complexity index is 875. The highest BCUT2D eigenvalue weighted by Gasteiger charge is 2.18. The number of pyridine rings is 1. The van der Waals surface area contributed by atoms with Crippen molar-refractivity contribution in [3.05, 3.63) is 63.4 Å². The quantitative estimate of drug-likeness (QED) is 0.364. The lowest BCUT2D eigenvalue weighted by molar-refractivity contribution is -0.141. The van der Waals surface area contributed by atoms with Crippen molar-refractivity contribution >= 4 is 24.0 Å². The van der Waals surface area contributed by atoms with Crippen LogP contribution in [-0.2, 0) is 22.4 Å². The van der Waals surface area contributed by atoms with E-state index in [0.717, 1.165) is 18.3 Å². The normalized spacial score (nSPS) is 10.7. The average Bonchev–Trinajstić information content (AvgIpc) is 2.66. The molecule has 1 heterocycles. The predicted molar refractivity (Wildman–Crippen MR) is 102 cm³/mol. The van der Waals surface area contributed by atoms with Gasteiger partial charge in [0.1, 0.15) is 17.9 Å². The van der Waals surface area contributed by atoms with Crippen molar-refractivity contribution in [2.24, 2.45) is 10.7 Å². The highest BCUT2D eigenvalue weighted by molar-refractivity contribution is 5.99. The number of hydrogen-bond acceptors (Lipinski definition) is 5. The number of ether oxygens (including phenoxy) is 1. The summed E-state index contributed by atoms with van der Waals surface area (Å²) >= 11 is 0. The molecule has 0 radical (unpaired) electrons. The molecule has 0 aliphatic rings. The standard InChI is InChI=1S/C19H22N4O4/c1-2-27-16(25)11-21-19(26)17-15(24)10-14(23-18(17)22-12-20)9-8-13-6-4-3-5-7-13/h3-7,10,12H,2,8-9,11H2,1H3,(H,21,26)(H3,20,22,23,24). The number of nitrogens with two attached hydrogens (primary N) is 1. The second-order valence-corrected chi connectivity index (χ2v) is 5.63. The summed E-state index contributed by atoms with van der Waals surface area (Å²) in [5.74, 6) is -1.26. The summed E-state index contributed by atoms with van der Waals surface area (Å²) in [7, 11) is 0. The first-order valence-corrected chi connectivity index (χ1v) is 8.53. The molecule has 0 bridgehead atoms. The summed E-state index contributed by atoms with van der Waals surface area (Å²) in [5.41, 5.74) is 6.39. The lowest BCUT2D eigenvalue weighted by Crippen LogP contribution is -2.34. The summed E-state index contributed by atoms with van der Waals surface area (Å²) in [6, 6.07) is 11.2. The van der Waals surface area contributed by atoms with Gasteiger partial charge in [-0.15, -0.1) is 0 Å². The number of rotatable bonds is 8. The number of carbonyl (C=O) groups excluding carboxylic acids is 2. The van der Waals surface area contributed by atoms with Gasteiger partial charge in [-0.1, -0.05) is 30.3 Å². The smallest absolute Gasteiger partial charge is 0.325 e. The molecule has 0 saturated carbocycles. The van der Waals surface area contributed by atoms with Gasteiger partial charge in [0.05, 0.1) is 12.9 Å². The molecule has 1 amide bonds. The van der Waals surface area contributed by atoms with Gasteiger partial charge in [0, 0.05) is 11.8 Å². The van der Waals surface area contributed by atoms with Crippen molar-refractivity contribution in [3.8, 4) is 0 Å². The predicted octanol–water partition coefficient (Wildman–Crippen LogP) is 1.07. The van der Waals surface area contributed by atoms with E-state index in [1.54, 1.807) is 6.92 Å². The summed E-state index contributed by atoms with van der Waals surface area (Å²) in [5, 5.41) is 2.35. The molecule has 4 N–H and O–H groups in total. The summed E-state index contributed by atoms with van der Waals surface area (Å²) in [4.78, 5) is 43.0. The molecular formula is C19H22N4O4. The maximum Gasteiger partial charge on any atom is 0.325 e.